The van der Waals surface area contributed by atoms with Crippen LogP contribution in [0.1, 0.15) is 29.2 Å². The van der Waals surface area contributed by atoms with E-state index >= 15 is 0 Å². The lowest BCUT2D eigenvalue weighted by Gasteiger charge is -2.17. The Bertz CT molecular complexity index is 418. The van der Waals surface area contributed by atoms with Crippen LogP contribution in [0.25, 0.3) is 0 Å². The van der Waals surface area contributed by atoms with Crippen molar-refractivity contribution in [2.45, 2.75) is 33.4 Å². The smallest absolute Gasteiger partial charge is 0.203 e. The molecule has 90 valence electrons. The van der Waals surface area contributed by atoms with E-state index in [1.165, 1.54) is 6.92 Å². The molecule has 0 bridgehead atoms. The third-order valence-corrected chi connectivity index (χ3v) is 2.66. The van der Waals surface area contributed by atoms with Crippen LogP contribution >= 0.6 is 0 Å². The Kier molecular flexibility index (Phi) is 3.26. The van der Waals surface area contributed by atoms with Crippen LogP contribution in [0, 0.1) is 25.5 Å². The average molecular weight is 238 g/mol. The summed E-state index contributed by atoms with van der Waals surface area (Å²) in [5.41, 5.74) is -1.56. The average Bonchev–Trinajstić information content (AvgIpc) is 2.13. The molecule has 1 aromatic rings. The van der Waals surface area contributed by atoms with E-state index in [-0.39, 0.29) is 23.1 Å². The molecule has 0 nitrogen and oxygen atoms in total. The molecule has 5 heteroatoms. The molecule has 0 spiro atoms. The molecular formula is C11H11F5. The van der Waals surface area contributed by atoms with Crippen molar-refractivity contribution in [1.82, 2.24) is 0 Å². The Morgan fingerprint density at radius 1 is 0.938 bits per heavy atom. The van der Waals surface area contributed by atoms with Gasteiger partial charge in [-0.05, 0) is 37.0 Å². The summed E-state index contributed by atoms with van der Waals surface area (Å²) in [6, 6.07) is 0. The molecule has 0 N–H and O–H groups in total. The van der Waals surface area contributed by atoms with Gasteiger partial charge in [-0.1, -0.05) is 6.92 Å². The number of hydrogen-bond donors (Lipinski definition) is 0. The van der Waals surface area contributed by atoms with Gasteiger partial charge in [0.05, 0.1) is 5.56 Å². The summed E-state index contributed by atoms with van der Waals surface area (Å²) in [6.45, 7) is 4.05. The van der Waals surface area contributed by atoms with E-state index in [1.807, 2.05) is 0 Å². The molecular weight excluding hydrogens is 227 g/mol. The summed E-state index contributed by atoms with van der Waals surface area (Å²) < 4.78 is 64.1. The number of halogens is 5. The number of alkyl halides is 3. The van der Waals surface area contributed by atoms with Crippen molar-refractivity contribution < 1.29 is 22.0 Å². The maximum absolute atomic E-state index is 13.3. The van der Waals surface area contributed by atoms with Crippen LogP contribution < -0.4 is 0 Å². The van der Waals surface area contributed by atoms with E-state index in [0.717, 1.165) is 6.92 Å². The van der Waals surface area contributed by atoms with Gasteiger partial charge in [0, 0.05) is 0 Å². The van der Waals surface area contributed by atoms with Crippen molar-refractivity contribution in [3.05, 3.63) is 33.9 Å². The zero-order valence-corrected chi connectivity index (χ0v) is 9.10. The van der Waals surface area contributed by atoms with Crippen molar-refractivity contribution in [3.8, 4) is 0 Å². The predicted octanol–water partition coefficient (Wildman–Crippen LogP) is 4.16. The summed E-state index contributed by atoms with van der Waals surface area (Å²) in [4.78, 5) is 0. The Hall–Kier alpha value is -1.13. The molecule has 0 radical (unpaired) electrons. The van der Waals surface area contributed by atoms with Gasteiger partial charge in [-0.25, -0.2) is 8.78 Å². The van der Waals surface area contributed by atoms with Crippen LogP contribution in [0.3, 0.4) is 0 Å². The molecule has 0 heterocycles. The van der Waals surface area contributed by atoms with Gasteiger partial charge in [-0.3, -0.25) is 0 Å². The topological polar surface area (TPSA) is 0 Å². The molecule has 0 saturated carbocycles. The first-order chi connectivity index (χ1) is 7.21. The summed E-state index contributed by atoms with van der Waals surface area (Å²) >= 11 is 0. The van der Waals surface area contributed by atoms with Gasteiger partial charge in [0.1, 0.15) is 0 Å². The van der Waals surface area contributed by atoms with Gasteiger partial charge in [-0.15, -0.1) is 0 Å². The van der Waals surface area contributed by atoms with E-state index in [4.69, 9.17) is 0 Å². The molecule has 0 atom stereocenters. The second kappa shape index (κ2) is 4.03. The molecule has 0 aromatic heterocycles. The highest BCUT2D eigenvalue weighted by molar-refractivity contribution is 5.43. The second-order valence-corrected chi connectivity index (χ2v) is 3.58. The maximum atomic E-state index is 13.3. The summed E-state index contributed by atoms with van der Waals surface area (Å²) in [7, 11) is 0. The fraction of sp³-hybridized carbons (Fsp3) is 0.455. The van der Waals surface area contributed by atoms with Gasteiger partial charge in [0.2, 0.25) is 0 Å². The van der Waals surface area contributed by atoms with E-state index in [1.54, 1.807) is 6.92 Å². The fourth-order valence-electron chi connectivity index (χ4n) is 1.87. The van der Waals surface area contributed by atoms with Crippen molar-refractivity contribution in [2.24, 2.45) is 0 Å². The minimum absolute atomic E-state index is 0.0505. The first-order valence-electron chi connectivity index (χ1n) is 4.76. The van der Waals surface area contributed by atoms with Crippen molar-refractivity contribution in [2.75, 3.05) is 0 Å². The van der Waals surface area contributed by atoms with Gasteiger partial charge in [0.25, 0.3) is 0 Å². The highest BCUT2D eigenvalue weighted by Gasteiger charge is 2.38. The largest absolute Gasteiger partial charge is 0.419 e. The minimum atomic E-state index is -4.87. The summed E-state index contributed by atoms with van der Waals surface area (Å²) in [5, 5.41) is 0. The lowest BCUT2D eigenvalue weighted by atomic mass is 9.94. The monoisotopic (exact) mass is 238 g/mol. The van der Waals surface area contributed by atoms with Gasteiger partial charge < -0.3 is 0 Å². The van der Waals surface area contributed by atoms with E-state index in [9.17, 15) is 22.0 Å². The van der Waals surface area contributed by atoms with E-state index in [0.29, 0.717) is 0 Å². The SMILES string of the molecule is CCc1c(C)c(F)c(F)c(C(F)(F)F)c1C. The summed E-state index contributed by atoms with van der Waals surface area (Å²) in [5.74, 6) is -3.21. The quantitative estimate of drug-likeness (QED) is 0.644. The van der Waals surface area contributed by atoms with E-state index < -0.39 is 23.4 Å². The lowest BCUT2D eigenvalue weighted by Crippen LogP contribution is -2.15. The van der Waals surface area contributed by atoms with Gasteiger partial charge in [-0.2, -0.15) is 13.2 Å². The molecule has 0 aliphatic rings. The normalized spacial score (nSPS) is 12.0. The Morgan fingerprint density at radius 3 is 1.81 bits per heavy atom. The van der Waals surface area contributed by atoms with Crippen molar-refractivity contribution in [3.63, 3.8) is 0 Å². The fourth-order valence-corrected chi connectivity index (χ4v) is 1.87. The molecule has 16 heavy (non-hydrogen) atoms. The zero-order chi connectivity index (χ0) is 12.7. The molecule has 0 fully saturated rings. The Morgan fingerprint density at radius 2 is 1.44 bits per heavy atom. The number of rotatable bonds is 1. The third-order valence-electron chi connectivity index (χ3n) is 2.66. The zero-order valence-electron chi connectivity index (χ0n) is 9.10. The van der Waals surface area contributed by atoms with Gasteiger partial charge >= 0.3 is 6.18 Å². The van der Waals surface area contributed by atoms with Crippen LogP contribution in [0.2, 0.25) is 0 Å². The van der Waals surface area contributed by atoms with E-state index in [2.05, 4.69) is 0 Å². The van der Waals surface area contributed by atoms with Crippen molar-refractivity contribution in [1.29, 1.82) is 0 Å². The summed E-state index contributed by atoms with van der Waals surface area (Å²) in [6.07, 6.45) is -4.63. The van der Waals surface area contributed by atoms with Crippen LogP contribution in [-0.2, 0) is 12.6 Å². The molecule has 0 aliphatic carbocycles. The Balaban J connectivity index is 3.69. The predicted molar refractivity (Wildman–Crippen MR) is 50.2 cm³/mol. The molecule has 0 saturated heterocycles. The van der Waals surface area contributed by atoms with Crippen LogP contribution in [0.15, 0.2) is 0 Å². The highest BCUT2D eigenvalue weighted by atomic mass is 19.4. The van der Waals surface area contributed by atoms with Crippen LogP contribution in [0.5, 0.6) is 0 Å². The number of hydrogen-bond acceptors (Lipinski definition) is 0. The molecule has 0 amide bonds. The molecule has 1 rings (SSSR count). The lowest BCUT2D eigenvalue weighted by molar-refractivity contribution is -0.140. The maximum Gasteiger partial charge on any atom is 0.419 e. The first kappa shape index (κ1) is 12.9. The molecule has 0 unspecified atom stereocenters. The highest BCUT2D eigenvalue weighted by Crippen LogP contribution is 2.37. The van der Waals surface area contributed by atoms with Gasteiger partial charge in [0.15, 0.2) is 11.6 Å². The number of benzene rings is 1. The minimum Gasteiger partial charge on any atom is -0.203 e. The second-order valence-electron chi connectivity index (χ2n) is 3.58. The third kappa shape index (κ3) is 1.90. The molecule has 0 aliphatic heterocycles. The van der Waals surface area contributed by atoms with Crippen LogP contribution in [-0.4, -0.2) is 0 Å². The van der Waals surface area contributed by atoms with Crippen LogP contribution in [0.4, 0.5) is 22.0 Å². The van der Waals surface area contributed by atoms with Crippen molar-refractivity contribution >= 4 is 0 Å². The first-order valence-corrected chi connectivity index (χ1v) is 4.76. The Labute approximate surface area is 90.1 Å². The molecule has 1 aromatic carbocycles. The standard InChI is InChI=1S/C11H11F5/c1-4-7-5(2)8(11(14,15)16)10(13)9(12)6(7)3/h4H2,1-3H3.